The average molecular weight is 365 g/mol. The van der Waals surface area contributed by atoms with Gasteiger partial charge >= 0.3 is 0 Å². The standard InChI is InChI=1S/C21H23N3O3/c1-26-14-4-5-17-16(13-14)15-6-9-22-21(19(15)23-17)7-10-24(11-8-21)20(25)18-3-2-12-27-18/h2-5,12-13,22-23H,6-11H2,1H3. The van der Waals surface area contributed by atoms with Gasteiger partial charge < -0.3 is 24.4 Å². The second kappa shape index (κ2) is 6.16. The number of likely N-dealkylation sites (tertiary alicyclic amines) is 1. The van der Waals surface area contributed by atoms with Crippen molar-refractivity contribution < 1.29 is 13.9 Å². The van der Waals surface area contributed by atoms with E-state index in [2.05, 4.69) is 22.4 Å². The van der Waals surface area contributed by atoms with Crippen LogP contribution in [0.2, 0.25) is 0 Å². The van der Waals surface area contributed by atoms with E-state index in [1.54, 1.807) is 25.5 Å². The summed E-state index contributed by atoms with van der Waals surface area (Å²) in [6.45, 7) is 2.37. The first-order valence-corrected chi connectivity index (χ1v) is 9.47. The Hall–Kier alpha value is -2.73. The van der Waals surface area contributed by atoms with Crippen LogP contribution in [0, 0.1) is 0 Å². The number of nitrogens with one attached hydrogen (secondary N) is 2. The fourth-order valence-corrected chi connectivity index (χ4v) is 4.61. The van der Waals surface area contributed by atoms with Gasteiger partial charge in [0.25, 0.3) is 5.91 Å². The first kappa shape index (κ1) is 16.4. The van der Waals surface area contributed by atoms with Crippen LogP contribution in [-0.4, -0.2) is 42.5 Å². The van der Waals surface area contributed by atoms with E-state index in [9.17, 15) is 4.79 Å². The number of aromatic amines is 1. The van der Waals surface area contributed by atoms with Gasteiger partial charge in [0.1, 0.15) is 5.75 Å². The van der Waals surface area contributed by atoms with Crippen molar-refractivity contribution in [2.45, 2.75) is 24.8 Å². The molecule has 0 aliphatic carbocycles. The third-order valence-electron chi connectivity index (χ3n) is 6.07. The molecule has 1 spiro atoms. The first-order chi connectivity index (χ1) is 13.2. The van der Waals surface area contributed by atoms with Crippen molar-refractivity contribution in [1.82, 2.24) is 15.2 Å². The second-order valence-corrected chi connectivity index (χ2v) is 7.42. The average Bonchev–Trinajstić information content (AvgIpc) is 3.37. The molecule has 1 amide bonds. The molecule has 1 fully saturated rings. The molecule has 1 saturated heterocycles. The minimum absolute atomic E-state index is 0.0210. The number of furan rings is 1. The normalized spacial score (nSPS) is 18.6. The molecule has 6 nitrogen and oxygen atoms in total. The number of piperidine rings is 1. The number of H-pyrrole nitrogens is 1. The molecule has 3 aromatic rings. The summed E-state index contributed by atoms with van der Waals surface area (Å²) in [6.07, 6.45) is 4.32. The Morgan fingerprint density at radius 3 is 2.85 bits per heavy atom. The van der Waals surface area contributed by atoms with Crippen LogP contribution in [0.1, 0.15) is 34.7 Å². The molecular formula is C21H23N3O3. The van der Waals surface area contributed by atoms with E-state index < -0.39 is 0 Å². The van der Waals surface area contributed by atoms with Crippen molar-refractivity contribution in [3.8, 4) is 5.75 Å². The van der Waals surface area contributed by atoms with E-state index in [1.165, 1.54) is 16.6 Å². The lowest BCUT2D eigenvalue weighted by Crippen LogP contribution is -2.55. The van der Waals surface area contributed by atoms with Gasteiger partial charge in [-0.1, -0.05) is 0 Å². The van der Waals surface area contributed by atoms with Gasteiger partial charge in [0.2, 0.25) is 0 Å². The molecule has 1 aromatic carbocycles. The van der Waals surface area contributed by atoms with Gasteiger partial charge in [-0.15, -0.1) is 0 Å². The smallest absolute Gasteiger partial charge is 0.289 e. The van der Waals surface area contributed by atoms with E-state index in [-0.39, 0.29) is 11.4 Å². The molecule has 0 unspecified atom stereocenters. The molecule has 140 valence electrons. The highest BCUT2D eigenvalue weighted by atomic mass is 16.5. The molecule has 27 heavy (non-hydrogen) atoms. The third-order valence-corrected chi connectivity index (χ3v) is 6.07. The molecule has 0 radical (unpaired) electrons. The number of hydrogen-bond donors (Lipinski definition) is 2. The Kier molecular flexibility index (Phi) is 3.75. The molecule has 0 atom stereocenters. The van der Waals surface area contributed by atoms with Crippen LogP contribution in [0.15, 0.2) is 41.0 Å². The first-order valence-electron chi connectivity index (χ1n) is 9.47. The number of fused-ring (bicyclic) bond motifs is 4. The van der Waals surface area contributed by atoms with Gasteiger partial charge in [0.15, 0.2) is 5.76 Å². The predicted octanol–water partition coefficient (Wildman–Crippen LogP) is 3.05. The molecule has 2 aliphatic heterocycles. The van der Waals surface area contributed by atoms with Gasteiger partial charge in [-0.05, 0) is 55.2 Å². The number of methoxy groups -OCH3 is 1. The number of benzene rings is 1. The van der Waals surface area contributed by atoms with Gasteiger partial charge in [0.05, 0.1) is 18.9 Å². The second-order valence-electron chi connectivity index (χ2n) is 7.42. The maximum Gasteiger partial charge on any atom is 0.289 e. The van der Waals surface area contributed by atoms with Crippen LogP contribution >= 0.6 is 0 Å². The summed E-state index contributed by atoms with van der Waals surface area (Å²) in [5.74, 6) is 1.28. The highest BCUT2D eigenvalue weighted by Gasteiger charge is 2.42. The van der Waals surface area contributed by atoms with Crippen molar-refractivity contribution in [3.63, 3.8) is 0 Å². The van der Waals surface area contributed by atoms with Crippen LogP contribution in [0.3, 0.4) is 0 Å². The van der Waals surface area contributed by atoms with Crippen LogP contribution in [-0.2, 0) is 12.0 Å². The van der Waals surface area contributed by atoms with Gasteiger partial charge in [-0.2, -0.15) is 0 Å². The van der Waals surface area contributed by atoms with E-state index in [0.717, 1.165) is 37.1 Å². The highest BCUT2D eigenvalue weighted by molar-refractivity contribution is 5.91. The summed E-state index contributed by atoms with van der Waals surface area (Å²) in [4.78, 5) is 18.1. The van der Waals surface area contributed by atoms with Crippen molar-refractivity contribution in [3.05, 3.63) is 53.6 Å². The lowest BCUT2D eigenvalue weighted by molar-refractivity contribution is 0.0596. The molecule has 0 saturated carbocycles. The summed E-state index contributed by atoms with van der Waals surface area (Å²) in [6, 6.07) is 9.70. The lowest BCUT2D eigenvalue weighted by atomic mass is 9.79. The van der Waals surface area contributed by atoms with Crippen molar-refractivity contribution in [2.75, 3.05) is 26.7 Å². The largest absolute Gasteiger partial charge is 0.497 e. The third kappa shape index (κ3) is 2.55. The Morgan fingerprint density at radius 1 is 1.26 bits per heavy atom. The number of rotatable bonds is 2. The molecule has 0 bridgehead atoms. The number of hydrogen-bond acceptors (Lipinski definition) is 4. The molecule has 2 aromatic heterocycles. The Labute approximate surface area is 157 Å². The number of carbonyl (C=O) groups excluding carboxylic acids is 1. The Morgan fingerprint density at radius 2 is 2.11 bits per heavy atom. The minimum Gasteiger partial charge on any atom is -0.497 e. The van der Waals surface area contributed by atoms with E-state index >= 15 is 0 Å². The summed E-state index contributed by atoms with van der Waals surface area (Å²) < 4.78 is 10.7. The van der Waals surface area contributed by atoms with Crippen LogP contribution in [0.4, 0.5) is 0 Å². The lowest BCUT2D eigenvalue weighted by Gasteiger charge is -2.44. The Balaban J connectivity index is 1.45. The van der Waals surface area contributed by atoms with E-state index in [4.69, 9.17) is 9.15 Å². The van der Waals surface area contributed by atoms with E-state index in [0.29, 0.717) is 18.8 Å². The fraction of sp³-hybridized carbons (Fsp3) is 0.381. The monoisotopic (exact) mass is 365 g/mol. The minimum atomic E-state index is -0.0974. The summed E-state index contributed by atoms with van der Waals surface area (Å²) in [7, 11) is 1.70. The van der Waals surface area contributed by atoms with Crippen LogP contribution in [0.25, 0.3) is 10.9 Å². The summed E-state index contributed by atoms with van der Waals surface area (Å²) in [5.41, 5.74) is 3.72. The van der Waals surface area contributed by atoms with Gasteiger partial charge in [-0.25, -0.2) is 0 Å². The number of aromatic nitrogens is 1. The van der Waals surface area contributed by atoms with Crippen LogP contribution < -0.4 is 10.1 Å². The zero-order chi connectivity index (χ0) is 18.4. The molecule has 5 rings (SSSR count). The number of amides is 1. The molecule has 2 aliphatic rings. The van der Waals surface area contributed by atoms with E-state index in [1.807, 2.05) is 11.0 Å². The fourth-order valence-electron chi connectivity index (χ4n) is 4.61. The molecule has 6 heteroatoms. The maximum atomic E-state index is 12.6. The van der Waals surface area contributed by atoms with Crippen LogP contribution in [0.5, 0.6) is 5.75 Å². The number of ether oxygens (including phenoxy) is 1. The molecule has 4 heterocycles. The SMILES string of the molecule is COc1ccc2[nH]c3c(c2c1)CCNC31CCN(C(=O)c2ccco2)CC1. The topological polar surface area (TPSA) is 70.5 Å². The Bertz CT molecular complexity index is 982. The maximum absolute atomic E-state index is 12.6. The number of nitrogens with zero attached hydrogens (tertiary/aromatic N) is 1. The van der Waals surface area contributed by atoms with Crippen molar-refractivity contribution >= 4 is 16.8 Å². The zero-order valence-electron chi connectivity index (χ0n) is 15.4. The van der Waals surface area contributed by atoms with Crippen molar-refractivity contribution in [1.29, 1.82) is 0 Å². The van der Waals surface area contributed by atoms with Gasteiger partial charge in [0, 0.05) is 36.2 Å². The zero-order valence-corrected chi connectivity index (χ0v) is 15.4. The summed E-state index contributed by atoms with van der Waals surface area (Å²) >= 11 is 0. The van der Waals surface area contributed by atoms with Crippen molar-refractivity contribution in [2.24, 2.45) is 0 Å². The molecule has 2 N–H and O–H groups in total. The molecular weight excluding hydrogens is 342 g/mol. The van der Waals surface area contributed by atoms with Gasteiger partial charge in [-0.3, -0.25) is 4.79 Å². The summed E-state index contributed by atoms with van der Waals surface area (Å²) in [5, 5.41) is 5.00. The quantitative estimate of drug-likeness (QED) is 0.732. The number of carbonyl (C=O) groups is 1. The predicted molar refractivity (Wildman–Crippen MR) is 102 cm³/mol. The highest BCUT2D eigenvalue weighted by Crippen LogP contribution is 2.41.